The van der Waals surface area contributed by atoms with Crippen LogP contribution in [0, 0.1) is 18.3 Å². The molecule has 0 aliphatic heterocycles. The van der Waals surface area contributed by atoms with Crippen LogP contribution < -0.4 is 0 Å². The molecule has 0 fully saturated rings. The van der Waals surface area contributed by atoms with Crippen molar-refractivity contribution in [3.05, 3.63) is 53.1 Å². The Morgan fingerprint density at radius 3 is 2.30 bits per heavy atom. The van der Waals surface area contributed by atoms with Gasteiger partial charge in [-0.1, -0.05) is 50.1 Å². The van der Waals surface area contributed by atoms with Crippen molar-refractivity contribution in [2.24, 2.45) is 5.92 Å². The minimum absolute atomic E-state index is 0.168. The summed E-state index contributed by atoms with van der Waals surface area (Å²) < 4.78 is 38.8. The summed E-state index contributed by atoms with van der Waals surface area (Å²) in [5.41, 5.74) is 0.838. The number of rotatable bonds is 3. The first-order valence-electron chi connectivity index (χ1n) is 6.29. The second kappa shape index (κ2) is 6.47. The summed E-state index contributed by atoms with van der Waals surface area (Å²) in [6.45, 7) is 5.53. The van der Waals surface area contributed by atoms with Gasteiger partial charge < -0.3 is 0 Å². The second-order valence-electron chi connectivity index (χ2n) is 4.81. The summed E-state index contributed by atoms with van der Waals surface area (Å²) in [5.74, 6) is 2.72. The third kappa shape index (κ3) is 4.03. The lowest BCUT2D eigenvalue weighted by Gasteiger charge is -2.12. The van der Waals surface area contributed by atoms with Crippen molar-refractivity contribution in [1.82, 2.24) is 0 Å². The molecule has 1 aromatic rings. The fourth-order valence-corrected chi connectivity index (χ4v) is 1.79. The van der Waals surface area contributed by atoms with Crippen molar-refractivity contribution < 1.29 is 13.2 Å². The largest absolute Gasteiger partial charge is 0.416 e. The molecule has 0 radical (unpaired) electrons. The molecule has 20 heavy (non-hydrogen) atoms. The standard InChI is InChI=1S/C17H17F3/c1-5-14(12(2)3)11-10-13(4)15-8-6-7-9-16(15)17(18,19)20/h1,6-12H,2-4H3/b13-10+,14-11+. The average Bonchev–Trinajstić information content (AvgIpc) is 2.37. The molecule has 0 atom stereocenters. The Labute approximate surface area is 118 Å². The highest BCUT2D eigenvalue weighted by atomic mass is 19.4. The van der Waals surface area contributed by atoms with Gasteiger partial charge in [0.15, 0.2) is 0 Å². The van der Waals surface area contributed by atoms with Crippen LogP contribution in [0.5, 0.6) is 0 Å². The molecule has 0 saturated heterocycles. The van der Waals surface area contributed by atoms with E-state index in [1.165, 1.54) is 12.1 Å². The highest BCUT2D eigenvalue weighted by molar-refractivity contribution is 5.68. The van der Waals surface area contributed by atoms with Gasteiger partial charge in [0.25, 0.3) is 0 Å². The monoisotopic (exact) mass is 278 g/mol. The Morgan fingerprint density at radius 2 is 1.80 bits per heavy atom. The fourth-order valence-electron chi connectivity index (χ4n) is 1.79. The molecule has 0 nitrogen and oxygen atoms in total. The van der Waals surface area contributed by atoms with E-state index in [0.29, 0.717) is 5.57 Å². The Bertz CT molecular complexity index is 567. The van der Waals surface area contributed by atoms with Crippen LogP contribution in [0.3, 0.4) is 0 Å². The van der Waals surface area contributed by atoms with Crippen LogP contribution in [0.2, 0.25) is 0 Å². The summed E-state index contributed by atoms with van der Waals surface area (Å²) in [7, 11) is 0. The predicted octanol–water partition coefficient (Wildman–Crippen LogP) is 5.32. The van der Waals surface area contributed by atoms with Crippen molar-refractivity contribution in [2.45, 2.75) is 26.9 Å². The molecule has 0 amide bonds. The second-order valence-corrected chi connectivity index (χ2v) is 4.81. The number of terminal acetylenes is 1. The molecule has 0 unspecified atom stereocenters. The van der Waals surface area contributed by atoms with Crippen LogP contribution in [-0.4, -0.2) is 0 Å². The van der Waals surface area contributed by atoms with E-state index in [1.54, 1.807) is 25.1 Å². The van der Waals surface area contributed by atoms with Crippen LogP contribution in [0.1, 0.15) is 31.9 Å². The lowest BCUT2D eigenvalue weighted by atomic mass is 9.98. The first kappa shape index (κ1) is 16.1. The summed E-state index contributed by atoms with van der Waals surface area (Å²) >= 11 is 0. The smallest absolute Gasteiger partial charge is 0.166 e. The van der Waals surface area contributed by atoms with Gasteiger partial charge in [-0.3, -0.25) is 0 Å². The van der Waals surface area contributed by atoms with Crippen molar-refractivity contribution in [2.75, 3.05) is 0 Å². The minimum Gasteiger partial charge on any atom is -0.166 e. The van der Waals surface area contributed by atoms with E-state index >= 15 is 0 Å². The van der Waals surface area contributed by atoms with Crippen LogP contribution in [0.25, 0.3) is 5.57 Å². The molecule has 0 saturated carbocycles. The van der Waals surface area contributed by atoms with E-state index in [-0.39, 0.29) is 11.5 Å². The number of allylic oxidation sites excluding steroid dienone is 4. The van der Waals surface area contributed by atoms with E-state index in [4.69, 9.17) is 6.42 Å². The van der Waals surface area contributed by atoms with Gasteiger partial charge in [-0.2, -0.15) is 13.2 Å². The van der Waals surface area contributed by atoms with E-state index < -0.39 is 11.7 Å². The maximum atomic E-state index is 12.9. The highest BCUT2D eigenvalue weighted by Crippen LogP contribution is 2.34. The summed E-state index contributed by atoms with van der Waals surface area (Å²) in [5, 5.41) is 0. The number of alkyl halides is 3. The van der Waals surface area contributed by atoms with Crippen LogP contribution in [0.15, 0.2) is 42.0 Å². The number of benzene rings is 1. The van der Waals surface area contributed by atoms with E-state index in [9.17, 15) is 13.2 Å². The molecule has 106 valence electrons. The van der Waals surface area contributed by atoms with Gasteiger partial charge in [0.2, 0.25) is 0 Å². The molecule has 0 N–H and O–H groups in total. The third-order valence-electron chi connectivity index (χ3n) is 2.96. The van der Waals surface area contributed by atoms with Gasteiger partial charge in [0.05, 0.1) is 5.56 Å². The highest BCUT2D eigenvalue weighted by Gasteiger charge is 2.33. The number of hydrogen-bond acceptors (Lipinski definition) is 0. The molecular formula is C17H17F3. The molecule has 1 rings (SSSR count). The first-order chi connectivity index (χ1) is 9.27. The zero-order chi connectivity index (χ0) is 15.3. The third-order valence-corrected chi connectivity index (χ3v) is 2.96. The molecule has 0 aliphatic carbocycles. The molecule has 0 heterocycles. The van der Waals surface area contributed by atoms with Gasteiger partial charge in [-0.25, -0.2) is 0 Å². The van der Waals surface area contributed by atoms with Crippen molar-refractivity contribution in [3.8, 4) is 12.3 Å². The molecular weight excluding hydrogens is 261 g/mol. The number of halogens is 3. The molecule has 0 bridgehead atoms. The molecule has 0 spiro atoms. The van der Waals surface area contributed by atoms with Gasteiger partial charge in [0.1, 0.15) is 0 Å². The van der Waals surface area contributed by atoms with Gasteiger partial charge >= 0.3 is 6.18 Å². The van der Waals surface area contributed by atoms with Gasteiger partial charge in [0, 0.05) is 5.57 Å². The SMILES string of the molecule is C#C/C(=C\C=C(/C)c1ccccc1C(F)(F)F)C(C)C. The zero-order valence-corrected chi connectivity index (χ0v) is 11.8. The van der Waals surface area contributed by atoms with Gasteiger partial charge in [-0.05, 0) is 30.0 Å². The van der Waals surface area contributed by atoms with E-state index in [0.717, 1.165) is 11.6 Å². The number of hydrogen-bond donors (Lipinski definition) is 0. The van der Waals surface area contributed by atoms with Gasteiger partial charge in [-0.15, -0.1) is 6.42 Å². The van der Waals surface area contributed by atoms with Crippen LogP contribution in [0.4, 0.5) is 13.2 Å². The molecule has 0 aliphatic rings. The first-order valence-corrected chi connectivity index (χ1v) is 6.29. The van der Waals surface area contributed by atoms with E-state index in [2.05, 4.69) is 5.92 Å². The molecule has 0 aromatic heterocycles. The summed E-state index contributed by atoms with van der Waals surface area (Å²) in [6.07, 6.45) is 4.35. The Balaban J connectivity index is 3.23. The van der Waals surface area contributed by atoms with Crippen LogP contribution in [-0.2, 0) is 6.18 Å². The molecule has 1 aromatic carbocycles. The average molecular weight is 278 g/mol. The maximum Gasteiger partial charge on any atom is 0.416 e. The quantitative estimate of drug-likeness (QED) is 0.518. The topological polar surface area (TPSA) is 0 Å². The lowest BCUT2D eigenvalue weighted by Crippen LogP contribution is -2.08. The zero-order valence-electron chi connectivity index (χ0n) is 11.8. The fraction of sp³-hybridized carbons (Fsp3) is 0.294. The van der Waals surface area contributed by atoms with Crippen LogP contribution >= 0.6 is 0 Å². The molecule has 3 heteroatoms. The minimum atomic E-state index is -4.36. The van der Waals surface area contributed by atoms with Crippen molar-refractivity contribution in [3.63, 3.8) is 0 Å². The predicted molar refractivity (Wildman–Crippen MR) is 76.8 cm³/mol. The van der Waals surface area contributed by atoms with Crippen molar-refractivity contribution in [1.29, 1.82) is 0 Å². The summed E-state index contributed by atoms with van der Waals surface area (Å²) in [4.78, 5) is 0. The lowest BCUT2D eigenvalue weighted by molar-refractivity contribution is -0.137. The summed E-state index contributed by atoms with van der Waals surface area (Å²) in [6, 6.07) is 5.53. The Hall–Kier alpha value is -1.95. The maximum absolute atomic E-state index is 12.9. The Morgan fingerprint density at radius 1 is 1.20 bits per heavy atom. The normalized spacial score (nSPS) is 13.5. The van der Waals surface area contributed by atoms with Crippen molar-refractivity contribution >= 4 is 5.57 Å². The Kier molecular flexibility index (Phi) is 5.21. The van der Waals surface area contributed by atoms with E-state index in [1.807, 2.05) is 13.8 Å².